The average Bonchev–Trinajstić information content (AvgIpc) is 2.63. The summed E-state index contributed by atoms with van der Waals surface area (Å²) in [5, 5.41) is 4.20. The molecule has 5 nitrogen and oxygen atoms in total. The van der Waals surface area contributed by atoms with Gasteiger partial charge in [-0.2, -0.15) is 0 Å². The molecule has 2 fully saturated rings. The molecule has 0 bridgehead atoms. The summed E-state index contributed by atoms with van der Waals surface area (Å²) in [5.41, 5.74) is 1.07. The number of nitrogens with one attached hydrogen (secondary N) is 1. The minimum Gasteiger partial charge on any atom is -0.379 e. The van der Waals surface area contributed by atoms with Gasteiger partial charge in [0.05, 0.1) is 13.2 Å². The Morgan fingerprint density at radius 3 is 2.38 bits per heavy atom. The quantitative estimate of drug-likeness (QED) is 0.819. The molecule has 0 aromatic heterocycles. The third-order valence-electron chi connectivity index (χ3n) is 4.57. The Morgan fingerprint density at radius 1 is 1.04 bits per heavy atom. The van der Waals surface area contributed by atoms with E-state index < -0.39 is 0 Å². The van der Waals surface area contributed by atoms with Gasteiger partial charge >= 0.3 is 0 Å². The van der Waals surface area contributed by atoms with Crippen LogP contribution in [0.25, 0.3) is 0 Å². The van der Waals surface area contributed by atoms with E-state index in [2.05, 4.69) is 20.0 Å². The fourth-order valence-electron chi connectivity index (χ4n) is 3.08. The molecule has 24 heavy (non-hydrogen) atoms. The third kappa shape index (κ3) is 4.78. The molecule has 2 aliphatic heterocycles. The van der Waals surface area contributed by atoms with Crippen LogP contribution in [0.15, 0.2) is 24.3 Å². The van der Waals surface area contributed by atoms with E-state index in [4.69, 9.17) is 17.0 Å². The van der Waals surface area contributed by atoms with Crippen LogP contribution in [-0.4, -0.2) is 80.5 Å². The van der Waals surface area contributed by atoms with E-state index in [9.17, 15) is 4.39 Å². The van der Waals surface area contributed by atoms with Crippen molar-refractivity contribution in [3.8, 4) is 0 Å². The molecule has 0 amide bonds. The highest BCUT2D eigenvalue weighted by Gasteiger charge is 2.19. The second-order valence-electron chi connectivity index (χ2n) is 6.14. The molecule has 0 atom stereocenters. The van der Waals surface area contributed by atoms with Gasteiger partial charge in [-0.1, -0.05) is 0 Å². The normalized spacial score (nSPS) is 19.4. The molecule has 0 radical (unpaired) electrons. The van der Waals surface area contributed by atoms with Crippen LogP contribution in [0.5, 0.6) is 0 Å². The standard InChI is InChI=1S/C17H25FN4OS/c18-15-1-3-16(4-2-15)21-7-9-22(10-8-21)17(24)19-5-6-20-11-13-23-14-12-20/h1-4H,5-14H2,(H,19,24). The van der Waals surface area contributed by atoms with Crippen molar-refractivity contribution in [2.24, 2.45) is 0 Å². The van der Waals surface area contributed by atoms with Crippen molar-refractivity contribution >= 4 is 23.0 Å². The van der Waals surface area contributed by atoms with Gasteiger partial charge in [-0.25, -0.2) is 4.39 Å². The summed E-state index contributed by atoms with van der Waals surface area (Å²) in [5.74, 6) is -0.192. The molecule has 0 spiro atoms. The zero-order chi connectivity index (χ0) is 16.8. The minimum atomic E-state index is -0.192. The average molecular weight is 352 g/mol. The highest BCUT2D eigenvalue weighted by molar-refractivity contribution is 7.80. The lowest BCUT2D eigenvalue weighted by atomic mass is 10.2. The van der Waals surface area contributed by atoms with Gasteiger partial charge < -0.3 is 19.9 Å². The lowest BCUT2D eigenvalue weighted by Gasteiger charge is -2.37. The van der Waals surface area contributed by atoms with Crippen molar-refractivity contribution in [3.05, 3.63) is 30.1 Å². The maximum absolute atomic E-state index is 13.0. The van der Waals surface area contributed by atoms with Crippen molar-refractivity contribution in [2.45, 2.75) is 0 Å². The van der Waals surface area contributed by atoms with Crippen molar-refractivity contribution in [3.63, 3.8) is 0 Å². The SMILES string of the molecule is Fc1ccc(N2CCN(C(=S)NCCN3CCOCC3)CC2)cc1. The van der Waals surface area contributed by atoms with Gasteiger partial charge in [0.15, 0.2) is 5.11 Å². The molecular formula is C17H25FN4OS. The number of ether oxygens (including phenoxy) is 1. The monoisotopic (exact) mass is 352 g/mol. The Hall–Kier alpha value is -1.44. The zero-order valence-electron chi connectivity index (χ0n) is 13.9. The summed E-state index contributed by atoms with van der Waals surface area (Å²) >= 11 is 5.52. The first-order valence-electron chi connectivity index (χ1n) is 8.56. The van der Waals surface area contributed by atoms with Crippen LogP contribution >= 0.6 is 12.2 Å². The second kappa shape index (κ2) is 8.60. The second-order valence-corrected chi connectivity index (χ2v) is 6.52. The summed E-state index contributed by atoms with van der Waals surface area (Å²) in [6.45, 7) is 9.12. The Morgan fingerprint density at radius 2 is 1.71 bits per heavy atom. The van der Waals surface area contributed by atoms with E-state index in [0.717, 1.165) is 76.4 Å². The molecule has 132 valence electrons. The third-order valence-corrected chi connectivity index (χ3v) is 4.97. The van der Waals surface area contributed by atoms with Crippen molar-refractivity contribution < 1.29 is 9.13 Å². The number of nitrogens with zero attached hydrogens (tertiary/aromatic N) is 3. The van der Waals surface area contributed by atoms with Crippen LogP contribution in [-0.2, 0) is 4.74 Å². The molecule has 1 aromatic rings. The number of halogens is 1. The first kappa shape index (κ1) is 17.4. The minimum absolute atomic E-state index is 0.192. The van der Waals surface area contributed by atoms with Crippen LogP contribution in [0.1, 0.15) is 0 Å². The molecule has 1 N–H and O–H groups in total. The summed E-state index contributed by atoms with van der Waals surface area (Å²) in [4.78, 5) is 6.88. The molecule has 1 aromatic carbocycles. The van der Waals surface area contributed by atoms with Crippen molar-refractivity contribution in [1.29, 1.82) is 0 Å². The first-order chi connectivity index (χ1) is 11.7. The largest absolute Gasteiger partial charge is 0.379 e. The topological polar surface area (TPSA) is 31.0 Å². The molecule has 3 rings (SSSR count). The smallest absolute Gasteiger partial charge is 0.169 e. The molecule has 7 heteroatoms. The van der Waals surface area contributed by atoms with E-state index in [1.165, 1.54) is 12.1 Å². The summed E-state index contributed by atoms with van der Waals surface area (Å²) < 4.78 is 18.4. The Bertz CT molecular complexity index is 528. The number of benzene rings is 1. The fourth-order valence-corrected chi connectivity index (χ4v) is 3.36. The lowest BCUT2D eigenvalue weighted by Crippen LogP contribution is -2.52. The van der Waals surface area contributed by atoms with E-state index in [1.54, 1.807) is 0 Å². The molecule has 0 saturated carbocycles. The molecule has 2 heterocycles. The van der Waals surface area contributed by atoms with Gasteiger partial charge in [0.25, 0.3) is 0 Å². The number of morpholine rings is 1. The molecule has 2 aliphatic rings. The zero-order valence-corrected chi connectivity index (χ0v) is 14.7. The van der Waals surface area contributed by atoms with Crippen LogP contribution in [0.3, 0.4) is 0 Å². The molecular weight excluding hydrogens is 327 g/mol. The summed E-state index contributed by atoms with van der Waals surface area (Å²) in [6.07, 6.45) is 0. The van der Waals surface area contributed by atoms with Gasteiger partial charge in [-0.15, -0.1) is 0 Å². The van der Waals surface area contributed by atoms with Crippen molar-refractivity contribution in [1.82, 2.24) is 15.1 Å². The number of thiocarbonyl (C=S) groups is 1. The number of piperazine rings is 1. The molecule has 2 saturated heterocycles. The van der Waals surface area contributed by atoms with Crippen LogP contribution in [0.2, 0.25) is 0 Å². The van der Waals surface area contributed by atoms with Gasteiger partial charge in [0.2, 0.25) is 0 Å². The maximum Gasteiger partial charge on any atom is 0.169 e. The van der Waals surface area contributed by atoms with Crippen LogP contribution < -0.4 is 10.2 Å². The van der Waals surface area contributed by atoms with Gasteiger partial charge in [0.1, 0.15) is 5.82 Å². The van der Waals surface area contributed by atoms with Crippen LogP contribution in [0.4, 0.5) is 10.1 Å². The van der Waals surface area contributed by atoms with Crippen molar-refractivity contribution in [2.75, 3.05) is 70.5 Å². The lowest BCUT2D eigenvalue weighted by molar-refractivity contribution is 0.0388. The number of hydrogen-bond donors (Lipinski definition) is 1. The van der Waals surface area contributed by atoms with Gasteiger partial charge in [-0.05, 0) is 36.5 Å². The number of rotatable bonds is 4. The highest BCUT2D eigenvalue weighted by atomic mass is 32.1. The highest BCUT2D eigenvalue weighted by Crippen LogP contribution is 2.16. The predicted octanol–water partition coefficient (Wildman–Crippen LogP) is 1.15. The number of hydrogen-bond acceptors (Lipinski definition) is 4. The van der Waals surface area contributed by atoms with E-state index >= 15 is 0 Å². The Labute approximate surface area is 148 Å². The van der Waals surface area contributed by atoms with E-state index in [-0.39, 0.29) is 5.82 Å². The predicted molar refractivity (Wildman–Crippen MR) is 98.0 cm³/mol. The van der Waals surface area contributed by atoms with Gasteiger partial charge in [-0.3, -0.25) is 4.90 Å². The summed E-state index contributed by atoms with van der Waals surface area (Å²) in [6, 6.07) is 6.70. The molecule has 0 unspecified atom stereocenters. The number of anilines is 1. The maximum atomic E-state index is 13.0. The first-order valence-corrected chi connectivity index (χ1v) is 8.96. The summed E-state index contributed by atoms with van der Waals surface area (Å²) in [7, 11) is 0. The van der Waals surface area contributed by atoms with E-state index in [1.807, 2.05) is 12.1 Å². The Balaban J connectivity index is 1.37. The Kier molecular flexibility index (Phi) is 6.23. The molecule has 0 aliphatic carbocycles. The fraction of sp³-hybridized carbons (Fsp3) is 0.588. The van der Waals surface area contributed by atoms with E-state index in [0.29, 0.717) is 0 Å². The van der Waals surface area contributed by atoms with Crippen LogP contribution in [0, 0.1) is 5.82 Å². The van der Waals surface area contributed by atoms with Gasteiger partial charge in [0, 0.05) is 58.0 Å².